The first-order valence-corrected chi connectivity index (χ1v) is 15.1. The van der Waals surface area contributed by atoms with Gasteiger partial charge < -0.3 is 15.8 Å². The number of rotatable bonds is 4. The Bertz CT molecular complexity index is 1610. The maximum atomic E-state index is 6.32. The van der Waals surface area contributed by atoms with E-state index in [0.717, 1.165) is 62.2 Å². The van der Waals surface area contributed by atoms with Crippen LogP contribution in [0.1, 0.15) is 54.4 Å². The minimum Gasteiger partial charge on any atom is -0.373 e. The Labute approximate surface area is 240 Å². The molecule has 0 saturated carbocycles. The quantitative estimate of drug-likeness (QED) is 0.355. The zero-order chi connectivity index (χ0) is 27.4. The molecule has 0 bridgehead atoms. The van der Waals surface area contributed by atoms with Crippen molar-refractivity contribution >= 4 is 17.6 Å². The SMILES string of the molecule is Nc1nc(Nc2ccc3c(c2)CC[C@H](N2CC[C@@]4(CCO4)C2)CC3)nn1-c1cc2c(nn1)-c1ccccc1CCC2. The summed E-state index contributed by atoms with van der Waals surface area (Å²) < 4.78 is 7.54. The lowest BCUT2D eigenvalue weighted by atomic mass is 9.94. The highest BCUT2D eigenvalue weighted by Gasteiger charge is 2.45. The van der Waals surface area contributed by atoms with Gasteiger partial charge in [-0.25, -0.2) is 0 Å². The lowest BCUT2D eigenvalue weighted by Crippen LogP contribution is -2.47. The first-order valence-electron chi connectivity index (χ1n) is 15.1. The van der Waals surface area contributed by atoms with Crippen molar-refractivity contribution in [1.29, 1.82) is 0 Å². The second-order valence-electron chi connectivity index (χ2n) is 12.1. The summed E-state index contributed by atoms with van der Waals surface area (Å²) in [7, 11) is 0. The molecule has 2 fully saturated rings. The van der Waals surface area contributed by atoms with Crippen LogP contribution >= 0.6 is 0 Å². The number of fused-ring (bicyclic) bond motifs is 4. The minimum absolute atomic E-state index is 0.171. The number of aromatic nitrogens is 5. The molecule has 4 aromatic rings. The van der Waals surface area contributed by atoms with Crippen LogP contribution in [0.4, 0.5) is 17.6 Å². The number of nitrogens with zero attached hydrogens (tertiary/aromatic N) is 6. The third-order valence-corrected chi connectivity index (χ3v) is 9.66. The molecule has 210 valence electrons. The van der Waals surface area contributed by atoms with Crippen molar-refractivity contribution < 1.29 is 4.74 Å². The Balaban J connectivity index is 0.984. The van der Waals surface area contributed by atoms with E-state index in [-0.39, 0.29) is 11.5 Å². The molecule has 4 aliphatic rings. The Morgan fingerprint density at radius 1 is 0.902 bits per heavy atom. The number of hydrogen-bond donors (Lipinski definition) is 2. The smallest absolute Gasteiger partial charge is 0.248 e. The minimum atomic E-state index is 0.171. The fraction of sp³-hybridized carbons (Fsp3) is 0.438. The fourth-order valence-corrected chi connectivity index (χ4v) is 7.29. The summed E-state index contributed by atoms with van der Waals surface area (Å²) in [5, 5.41) is 17.2. The van der Waals surface area contributed by atoms with Crippen molar-refractivity contribution in [1.82, 2.24) is 29.9 Å². The zero-order valence-electron chi connectivity index (χ0n) is 23.4. The van der Waals surface area contributed by atoms with Crippen LogP contribution in [0.2, 0.25) is 0 Å². The van der Waals surface area contributed by atoms with Gasteiger partial charge in [0.15, 0.2) is 5.82 Å². The largest absolute Gasteiger partial charge is 0.373 e. The fourth-order valence-electron chi connectivity index (χ4n) is 7.29. The van der Waals surface area contributed by atoms with Crippen molar-refractivity contribution in [2.45, 2.75) is 69.4 Å². The maximum Gasteiger partial charge on any atom is 0.248 e. The van der Waals surface area contributed by atoms with Gasteiger partial charge in [-0.2, -0.15) is 9.67 Å². The van der Waals surface area contributed by atoms with E-state index in [0.29, 0.717) is 17.8 Å². The Morgan fingerprint density at radius 2 is 1.76 bits per heavy atom. The zero-order valence-corrected chi connectivity index (χ0v) is 23.4. The molecule has 41 heavy (non-hydrogen) atoms. The van der Waals surface area contributed by atoms with Gasteiger partial charge in [0, 0.05) is 36.8 Å². The summed E-state index contributed by atoms with van der Waals surface area (Å²) in [6.07, 6.45) is 10.1. The second-order valence-corrected chi connectivity index (χ2v) is 12.1. The van der Waals surface area contributed by atoms with Crippen molar-refractivity contribution in [3.63, 3.8) is 0 Å². The number of hydrogen-bond acceptors (Lipinski definition) is 8. The number of ether oxygens (including phenoxy) is 1. The van der Waals surface area contributed by atoms with E-state index in [1.807, 2.05) is 0 Å². The summed E-state index contributed by atoms with van der Waals surface area (Å²) in [5.41, 5.74) is 14.9. The third-order valence-electron chi connectivity index (χ3n) is 9.66. The summed E-state index contributed by atoms with van der Waals surface area (Å²) in [6, 6.07) is 17.8. The number of nitrogens with one attached hydrogen (secondary N) is 1. The molecule has 2 aliphatic carbocycles. The average molecular weight is 549 g/mol. The van der Waals surface area contributed by atoms with Gasteiger partial charge in [-0.15, -0.1) is 15.3 Å². The first kappa shape index (κ1) is 24.9. The topological polar surface area (TPSA) is 107 Å². The highest BCUT2D eigenvalue weighted by molar-refractivity contribution is 5.68. The predicted octanol–water partition coefficient (Wildman–Crippen LogP) is 4.65. The van der Waals surface area contributed by atoms with E-state index in [4.69, 9.17) is 10.5 Å². The molecule has 1 spiro atoms. The summed E-state index contributed by atoms with van der Waals surface area (Å²) in [5.74, 6) is 1.33. The maximum absolute atomic E-state index is 6.32. The molecule has 0 radical (unpaired) electrons. The number of aryl methyl sites for hydroxylation is 4. The van der Waals surface area contributed by atoms with E-state index in [1.165, 1.54) is 54.5 Å². The van der Waals surface area contributed by atoms with Crippen molar-refractivity contribution in [2.24, 2.45) is 0 Å². The van der Waals surface area contributed by atoms with E-state index >= 15 is 0 Å². The summed E-state index contributed by atoms with van der Waals surface area (Å²) in [4.78, 5) is 7.19. The van der Waals surface area contributed by atoms with Crippen molar-refractivity contribution in [3.05, 3.63) is 70.8 Å². The van der Waals surface area contributed by atoms with E-state index in [1.54, 1.807) is 4.68 Å². The van der Waals surface area contributed by atoms with Gasteiger partial charge in [0.1, 0.15) is 0 Å². The van der Waals surface area contributed by atoms with Crippen LogP contribution in [0.25, 0.3) is 17.1 Å². The van der Waals surface area contributed by atoms with Gasteiger partial charge >= 0.3 is 0 Å². The molecule has 2 aromatic carbocycles. The van der Waals surface area contributed by atoms with Crippen LogP contribution < -0.4 is 11.1 Å². The van der Waals surface area contributed by atoms with Gasteiger partial charge in [-0.1, -0.05) is 30.3 Å². The molecule has 2 aromatic heterocycles. The number of nitrogens with two attached hydrogens (primary N) is 1. The molecule has 4 heterocycles. The van der Waals surface area contributed by atoms with Crippen LogP contribution in [-0.2, 0) is 30.4 Å². The molecule has 2 atom stereocenters. The summed E-state index contributed by atoms with van der Waals surface area (Å²) in [6.45, 7) is 3.22. The molecule has 2 saturated heterocycles. The molecule has 3 N–H and O–H groups in total. The van der Waals surface area contributed by atoms with Gasteiger partial charge in [-0.05, 0) is 91.8 Å². The first-order chi connectivity index (χ1) is 20.1. The normalized spacial score (nSPS) is 23.7. The number of nitrogen functional groups attached to an aromatic ring is 1. The second kappa shape index (κ2) is 9.92. The number of benzene rings is 2. The van der Waals surface area contributed by atoms with Crippen molar-refractivity contribution in [2.75, 3.05) is 30.7 Å². The van der Waals surface area contributed by atoms with Gasteiger partial charge in [0.05, 0.1) is 17.9 Å². The Morgan fingerprint density at radius 3 is 2.61 bits per heavy atom. The molecular weight excluding hydrogens is 512 g/mol. The standard InChI is InChI=1S/C32H36N8O/c33-30-35-31(38-40(30)28-19-24-6-3-5-22-4-1-2-7-27(22)29(24)37-36-28)34-25-11-8-21-9-12-26(13-10-23(21)18-25)39-16-14-32(20-39)15-17-41-32/h1-2,4,7-8,11,18-19,26H,3,5-6,9-10,12-17,20H2,(H3,33,34,35,38)/t26-,32-/m1/s1. The molecule has 8 rings (SSSR count). The lowest BCUT2D eigenvalue weighted by molar-refractivity contribution is -0.138. The van der Waals surface area contributed by atoms with Gasteiger partial charge in [-0.3, -0.25) is 4.90 Å². The highest BCUT2D eigenvalue weighted by atomic mass is 16.5. The van der Waals surface area contributed by atoms with Crippen LogP contribution in [-0.4, -0.2) is 61.2 Å². The van der Waals surface area contributed by atoms with Crippen LogP contribution in [0.15, 0.2) is 48.5 Å². The van der Waals surface area contributed by atoms with E-state index in [2.05, 4.69) is 79.0 Å². The van der Waals surface area contributed by atoms with Gasteiger partial charge in [0.25, 0.3) is 0 Å². The molecule has 0 amide bonds. The van der Waals surface area contributed by atoms with Crippen LogP contribution in [0.5, 0.6) is 0 Å². The molecular formula is C32H36N8O. The van der Waals surface area contributed by atoms with Crippen LogP contribution in [0.3, 0.4) is 0 Å². The Hall–Kier alpha value is -3.82. The number of anilines is 3. The van der Waals surface area contributed by atoms with E-state index < -0.39 is 0 Å². The van der Waals surface area contributed by atoms with Crippen molar-refractivity contribution in [3.8, 4) is 17.1 Å². The predicted molar refractivity (Wildman–Crippen MR) is 158 cm³/mol. The van der Waals surface area contributed by atoms with Crippen LogP contribution in [0, 0.1) is 0 Å². The summed E-state index contributed by atoms with van der Waals surface area (Å²) >= 11 is 0. The monoisotopic (exact) mass is 548 g/mol. The highest BCUT2D eigenvalue weighted by Crippen LogP contribution is 2.38. The average Bonchev–Trinajstić information content (AvgIpc) is 3.45. The number of likely N-dealkylation sites (tertiary alicyclic amines) is 1. The molecule has 2 aliphatic heterocycles. The molecule has 9 heteroatoms. The van der Waals surface area contributed by atoms with Gasteiger partial charge in [0.2, 0.25) is 11.9 Å². The molecule has 0 unspecified atom stereocenters. The van der Waals surface area contributed by atoms with E-state index in [9.17, 15) is 0 Å². The molecule has 9 nitrogen and oxygen atoms in total. The third kappa shape index (κ3) is 4.57. The lowest BCUT2D eigenvalue weighted by Gasteiger charge is -2.39. The Kier molecular flexibility index (Phi) is 6.03.